The molecule has 0 fully saturated rings. The van der Waals surface area contributed by atoms with E-state index in [0.29, 0.717) is 0 Å². The van der Waals surface area contributed by atoms with Gasteiger partial charge in [-0.15, -0.1) is 0 Å². The Morgan fingerprint density at radius 2 is 0.680 bits per heavy atom. The Bertz CT molecular complexity index is 874. The first kappa shape index (κ1) is 15.6. The molecule has 4 aromatic carbocycles. The van der Waals surface area contributed by atoms with Crippen molar-refractivity contribution in [2.45, 2.75) is 0 Å². The van der Waals surface area contributed by atoms with Gasteiger partial charge < -0.3 is 0 Å². The molecule has 0 bridgehead atoms. The Morgan fingerprint density at radius 1 is 0.320 bits per heavy atom. The molecule has 0 aliphatic rings. The van der Waals surface area contributed by atoms with Crippen LogP contribution in [-0.4, -0.2) is 8.80 Å². The summed E-state index contributed by atoms with van der Waals surface area (Å²) in [5.41, 5.74) is 2.55. The Hall–Kier alpha value is -2.90. The van der Waals surface area contributed by atoms with Crippen molar-refractivity contribution in [2.75, 3.05) is 0 Å². The zero-order valence-corrected chi connectivity index (χ0v) is 15.2. The highest BCUT2D eigenvalue weighted by molar-refractivity contribution is 6.95. The van der Waals surface area contributed by atoms with Crippen LogP contribution in [-0.2, 0) is 0 Å². The number of benzene rings is 4. The molecule has 120 valence electrons. The molecule has 25 heavy (non-hydrogen) atoms. The first-order chi connectivity index (χ1) is 12.4. The van der Waals surface area contributed by atoms with Crippen molar-refractivity contribution in [3.05, 3.63) is 115 Å². The maximum Gasteiger partial charge on any atom is 0.132 e. The second-order valence-corrected chi connectivity index (χ2v) is 9.11. The monoisotopic (exact) mass is 336 g/mol. The minimum Gasteiger partial charge on any atom is -0.0625 e. The van der Waals surface area contributed by atoms with Crippen LogP contribution in [0.25, 0.3) is 11.1 Å². The van der Waals surface area contributed by atoms with E-state index in [0.717, 1.165) is 0 Å². The van der Waals surface area contributed by atoms with Gasteiger partial charge in [0.2, 0.25) is 0 Å². The van der Waals surface area contributed by atoms with Crippen LogP contribution in [0.3, 0.4) is 0 Å². The number of hydrogen-bond acceptors (Lipinski definition) is 0. The summed E-state index contributed by atoms with van der Waals surface area (Å²) < 4.78 is 0. The second kappa shape index (κ2) is 7.33. The van der Waals surface area contributed by atoms with E-state index in [2.05, 4.69) is 115 Å². The Kier molecular flexibility index (Phi) is 4.58. The molecule has 4 aromatic rings. The highest BCUT2D eigenvalue weighted by Gasteiger charge is 2.18. The minimum atomic E-state index is -1.42. The van der Waals surface area contributed by atoms with Crippen molar-refractivity contribution < 1.29 is 0 Å². The van der Waals surface area contributed by atoms with Gasteiger partial charge in [-0.05, 0) is 11.1 Å². The van der Waals surface area contributed by atoms with E-state index in [1.807, 2.05) is 0 Å². The largest absolute Gasteiger partial charge is 0.132 e. The fourth-order valence-electron chi connectivity index (χ4n) is 3.37. The molecule has 0 saturated carbocycles. The van der Waals surface area contributed by atoms with E-state index < -0.39 is 8.80 Å². The SMILES string of the molecule is c1ccc(-c2ccc([SiH](c3ccccc3)c3ccccc3)cc2)cc1. The van der Waals surface area contributed by atoms with Crippen LogP contribution in [0.2, 0.25) is 0 Å². The quantitative estimate of drug-likeness (QED) is 0.395. The Morgan fingerprint density at radius 3 is 1.16 bits per heavy atom. The average molecular weight is 337 g/mol. The second-order valence-electron chi connectivity index (χ2n) is 6.24. The molecule has 0 aromatic heterocycles. The van der Waals surface area contributed by atoms with Crippen molar-refractivity contribution in [2.24, 2.45) is 0 Å². The van der Waals surface area contributed by atoms with Gasteiger partial charge in [0.25, 0.3) is 0 Å². The summed E-state index contributed by atoms with van der Waals surface area (Å²) in [6, 6.07) is 41.6. The van der Waals surface area contributed by atoms with Crippen LogP contribution < -0.4 is 15.6 Å². The topological polar surface area (TPSA) is 0 Å². The van der Waals surface area contributed by atoms with E-state index in [1.165, 1.54) is 26.7 Å². The number of hydrogen-bond donors (Lipinski definition) is 0. The molecule has 0 spiro atoms. The van der Waals surface area contributed by atoms with Gasteiger partial charge in [-0.3, -0.25) is 0 Å². The molecule has 0 N–H and O–H groups in total. The first-order valence-corrected chi connectivity index (χ1v) is 10.4. The van der Waals surface area contributed by atoms with Gasteiger partial charge in [0.15, 0.2) is 0 Å². The molecule has 1 heteroatoms. The lowest BCUT2D eigenvalue weighted by Gasteiger charge is -2.17. The predicted molar refractivity (Wildman–Crippen MR) is 111 cm³/mol. The first-order valence-electron chi connectivity index (χ1n) is 8.67. The molecule has 0 amide bonds. The zero-order valence-electron chi connectivity index (χ0n) is 14.0. The molecule has 0 aliphatic heterocycles. The molecule has 0 unspecified atom stereocenters. The van der Waals surface area contributed by atoms with E-state index in [1.54, 1.807) is 0 Å². The van der Waals surface area contributed by atoms with Crippen molar-refractivity contribution >= 4 is 24.4 Å². The summed E-state index contributed by atoms with van der Waals surface area (Å²) >= 11 is 0. The van der Waals surface area contributed by atoms with Gasteiger partial charge in [0, 0.05) is 0 Å². The highest BCUT2D eigenvalue weighted by atomic mass is 28.3. The smallest absolute Gasteiger partial charge is 0.0625 e. The molecule has 0 aliphatic carbocycles. The van der Waals surface area contributed by atoms with Gasteiger partial charge in [-0.25, -0.2) is 0 Å². The fourth-order valence-corrected chi connectivity index (χ4v) is 6.31. The Balaban J connectivity index is 1.75. The van der Waals surface area contributed by atoms with Gasteiger partial charge in [0.05, 0.1) is 0 Å². The molecule has 0 atom stereocenters. The summed E-state index contributed by atoms with van der Waals surface area (Å²) in [6.45, 7) is 0. The standard InChI is InChI=1S/C24H20Si/c1-4-10-20(11-5-1)21-16-18-24(19-17-21)25(22-12-6-2-7-13-22)23-14-8-3-9-15-23/h1-19,25H. The summed E-state index contributed by atoms with van der Waals surface area (Å²) in [5, 5.41) is 4.37. The fraction of sp³-hybridized carbons (Fsp3) is 0. The molecule has 4 rings (SSSR count). The molecule has 0 saturated heterocycles. The van der Waals surface area contributed by atoms with E-state index in [9.17, 15) is 0 Å². The van der Waals surface area contributed by atoms with Crippen molar-refractivity contribution in [1.29, 1.82) is 0 Å². The van der Waals surface area contributed by atoms with Crippen LogP contribution >= 0.6 is 0 Å². The normalized spacial score (nSPS) is 10.8. The predicted octanol–water partition coefficient (Wildman–Crippen LogP) is 3.60. The molecule has 0 heterocycles. The van der Waals surface area contributed by atoms with Crippen molar-refractivity contribution in [3.8, 4) is 11.1 Å². The van der Waals surface area contributed by atoms with Crippen molar-refractivity contribution in [3.63, 3.8) is 0 Å². The van der Waals surface area contributed by atoms with Crippen LogP contribution in [0, 0.1) is 0 Å². The average Bonchev–Trinajstić information content (AvgIpc) is 2.71. The van der Waals surface area contributed by atoms with Gasteiger partial charge >= 0.3 is 0 Å². The van der Waals surface area contributed by atoms with Crippen molar-refractivity contribution in [1.82, 2.24) is 0 Å². The summed E-state index contributed by atoms with van der Waals surface area (Å²) in [6.07, 6.45) is 0. The number of rotatable bonds is 4. The lowest BCUT2D eigenvalue weighted by atomic mass is 10.1. The van der Waals surface area contributed by atoms with Crippen LogP contribution in [0.4, 0.5) is 0 Å². The summed E-state index contributed by atoms with van der Waals surface area (Å²) in [5.74, 6) is 0. The third-order valence-corrected chi connectivity index (χ3v) is 7.77. The summed E-state index contributed by atoms with van der Waals surface area (Å²) in [7, 11) is -1.42. The zero-order chi connectivity index (χ0) is 16.9. The summed E-state index contributed by atoms with van der Waals surface area (Å²) in [4.78, 5) is 0. The van der Waals surface area contributed by atoms with Gasteiger partial charge in [-0.1, -0.05) is 131 Å². The molecule has 0 radical (unpaired) electrons. The maximum absolute atomic E-state index is 2.32. The third kappa shape index (κ3) is 3.47. The van der Waals surface area contributed by atoms with E-state index >= 15 is 0 Å². The van der Waals surface area contributed by atoms with Gasteiger partial charge in [0.1, 0.15) is 8.80 Å². The lowest BCUT2D eigenvalue weighted by Crippen LogP contribution is -2.51. The Labute approximate surface area is 151 Å². The van der Waals surface area contributed by atoms with Crippen LogP contribution in [0.5, 0.6) is 0 Å². The van der Waals surface area contributed by atoms with E-state index in [-0.39, 0.29) is 0 Å². The van der Waals surface area contributed by atoms with Crippen LogP contribution in [0.1, 0.15) is 0 Å². The molecular weight excluding hydrogens is 316 g/mol. The minimum absolute atomic E-state index is 1.27. The third-order valence-electron chi connectivity index (χ3n) is 4.62. The van der Waals surface area contributed by atoms with Gasteiger partial charge in [-0.2, -0.15) is 0 Å². The molecular formula is C24H20Si. The van der Waals surface area contributed by atoms with Crippen LogP contribution in [0.15, 0.2) is 115 Å². The lowest BCUT2D eigenvalue weighted by molar-refractivity contribution is 1.63. The molecule has 0 nitrogen and oxygen atoms in total. The maximum atomic E-state index is 2.32. The highest BCUT2D eigenvalue weighted by Crippen LogP contribution is 2.17. The van der Waals surface area contributed by atoms with E-state index in [4.69, 9.17) is 0 Å².